The zero-order chi connectivity index (χ0) is 39.7. The normalized spacial score (nSPS) is 19.0. The molecule has 11 nitrogen and oxygen atoms in total. The molecule has 6 heterocycles. The average Bonchev–Trinajstić information content (AvgIpc) is 3.80. The summed E-state index contributed by atoms with van der Waals surface area (Å²) in [7, 11) is -2.59. The molecule has 0 aliphatic carbocycles. The van der Waals surface area contributed by atoms with Gasteiger partial charge in [0.15, 0.2) is 11.5 Å². The Hall–Kier alpha value is -2.83. The number of rotatable bonds is 15. The largest absolute Gasteiger partial charge is 0.444 e. The van der Waals surface area contributed by atoms with Crippen LogP contribution in [0.1, 0.15) is 62.9 Å². The second-order valence-electron chi connectivity index (χ2n) is 18.5. The van der Waals surface area contributed by atoms with Gasteiger partial charge in [-0.1, -0.05) is 45.3 Å². The van der Waals surface area contributed by atoms with Crippen molar-refractivity contribution in [2.45, 2.75) is 133 Å². The quantitative estimate of drug-likeness (QED) is 0.0498. The second kappa shape index (κ2) is 17.0. The van der Waals surface area contributed by atoms with E-state index in [1.165, 1.54) is 0 Å². The number of piperidine rings is 1. The average molecular weight is 824 g/mol. The van der Waals surface area contributed by atoms with Gasteiger partial charge in [0.1, 0.15) is 24.1 Å². The summed E-state index contributed by atoms with van der Waals surface area (Å²) in [5.41, 5.74) is 3.99. The van der Waals surface area contributed by atoms with E-state index in [9.17, 15) is 4.79 Å². The number of hydrogen-bond acceptors (Lipinski definition) is 11. The molecule has 0 spiro atoms. The zero-order valence-corrected chi connectivity index (χ0v) is 38.4. The van der Waals surface area contributed by atoms with Gasteiger partial charge in [0.2, 0.25) is 0 Å². The van der Waals surface area contributed by atoms with E-state index < -0.39 is 21.7 Å². The lowest BCUT2D eigenvalue weighted by Crippen LogP contribution is -2.48. The van der Waals surface area contributed by atoms with E-state index >= 15 is 0 Å². The number of anilines is 1. The van der Waals surface area contributed by atoms with Gasteiger partial charge >= 0.3 is 6.09 Å². The molecule has 6 rings (SSSR count). The highest BCUT2D eigenvalue weighted by Crippen LogP contribution is 2.47. The SMILES string of the molecule is CSc1c([C@H]2C[C@H]3CC[C@@H](C2)N3C(=O)OC(C)(C)C)nc2c(-c3ccc(-c4ncc(C)s4)nc3)cnn2c1N(COCC[Si](C)(C)C)COCC[Si](C)(C)C. The van der Waals surface area contributed by atoms with E-state index in [0.717, 1.165) is 86.5 Å². The predicted molar refractivity (Wildman–Crippen MR) is 231 cm³/mol. The van der Waals surface area contributed by atoms with E-state index in [-0.39, 0.29) is 24.1 Å². The minimum Gasteiger partial charge on any atom is -0.444 e. The van der Waals surface area contributed by atoms with Crippen LogP contribution in [0.4, 0.5) is 10.6 Å². The van der Waals surface area contributed by atoms with Crippen molar-refractivity contribution in [2.75, 3.05) is 37.8 Å². The van der Waals surface area contributed by atoms with Crippen LogP contribution in [-0.2, 0) is 14.2 Å². The molecule has 2 aliphatic rings. The molecule has 2 aliphatic heterocycles. The van der Waals surface area contributed by atoms with Gasteiger partial charge in [0.05, 0.1) is 22.5 Å². The number of thioether (sulfide) groups is 1. The highest BCUT2D eigenvalue weighted by molar-refractivity contribution is 7.98. The van der Waals surface area contributed by atoms with Crippen LogP contribution in [0.2, 0.25) is 51.4 Å². The molecule has 2 bridgehead atoms. The van der Waals surface area contributed by atoms with E-state index in [4.69, 9.17) is 29.3 Å². The number of amides is 1. The van der Waals surface area contributed by atoms with E-state index in [0.29, 0.717) is 26.7 Å². The van der Waals surface area contributed by atoms with Crippen molar-refractivity contribution in [1.82, 2.24) is 29.5 Å². The van der Waals surface area contributed by atoms with Gasteiger partial charge < -0.3 is 24.0 Å². The van der Waals surface area contributed by atoms with Crippen LogP contribution < -0.4 is 4.90 Å². The summed E-state index contributed by atoms with van der Waals surface area (Å²) in [4.78, 5) is 34.8. The number of aryl methyl sites for hydroxylation is 1. The lowest BCUT2D eigenvalue weighted by Gasteiger charge is -2.40. The fourth-order valence-corrected chi connectivity index (χ4v) is 10.4. The number of carbonyl (C=O) groups is 1. The van der Waals surface area contributed by atoms with Crippen molar-refractivity contribution in [3.8, 4) is 21.8 Å². The Morgan fingerprint density at radius 3 is 2.09 bits per heavy atom. The van der Waals surface area contributed by atoms with Gasteiger partial charge in [-0.25, -0.2) is 14.8 Å². The summed E-state index contributed by atoms with van der Waals surface area (Å²) in [6.45, 7) is 24.3. The minimum atomic E-state index is -1.29. The maximum absolute atomic E-state index is 13.4. The molecule has 15 heteroatoms. The monoisotopic (exact) mass is 823 g/mol. The minimum absolute atomic E-state index is 0.108. The van der Waals surface area contributed by atoms with Crippen molar-refractivity contribution in [1.29, 1.82) is 0 Å². The molecule has 3 atom stereocenters. The fraction of sp³-hybridized carbons (Fsp3) is 0.625. The van der Waals surface area contributed by atoms with Gasteiger partial charge in [-0.3, -0.25) is 4.98 Å². The van der Waals surface area contributed by atoms with Crippen LogP contribution >= 0.6 is 23.1 Å². The molecule has 55 heavy (non-hydrogen) atoms. The summed E-state index contributed by atoms with van der Waals surface area (Å²) >= 11 is 3.34. The molecular formula is C40H61N7O4S2Si2. The van der Waals surface area contributed by atoms with Crippen LogP contribution in [0.25, 0.3) is 27.5 Å². The summed E-state index contributed by atoms with van der Waals surface area (Å²) in [6.07, 6.45) is 11.2. The summed E-state index contributed by atoms with van der Waals surface area (Å²) < 4.78 is 20.8. The lowest BCUT2D eigenvalue weighted by molar-refractivity contribution is 0.00559. The molecule has 0 saturated carbocycles. The van der Waals surface area contributed by atoms with E-state index in [1.807, 2.05) is 54.8 Å². The highest BCUT2D eigenvalue weighted by atomic mass is 32.2. The van der Waals surface area contributed by atoms with Crippen molar-refractivity contribution in [3.63, 3.8) is 0 Å². The van der Waals surface area contributed by atoms with Crippen LogP contribution in [0, 0.1) is 6.92 Å². The van der Waals surface area contributed by atoms with Crippen molar-refractivity contribution in [3.05, 3.63) is 41.3 Å². The van der Waals surface area contributed by atoms with E-state index in [2.05, 4.69) is 68.4 Å². The molecule has 2 saturated heterocycles. The molecular weight excluding hydrogens is 763 g/mol. The molecule has 2 fully saturated rings. The Morgan fingerprint density at radius 2 is 1.58 bits per heavy atom. The van der Waals surface area contributed by atoms with Crippen LogP contribution in [0.15, 0.2) is 35.6 Å². The highest BCUT2D eigenvalue weighted by Gasteiger charge is 2.46. The number of ether oxygens (including phenoxy) is 3. The lowest BCUT2D eigenvalue weighted by atomic mass is 9.88. The Balaban J connectivity index is 1.42. The second-order valence-corrected chi connectivity index (χ2v) is 31.8. The smallest absolute Gasteiger partial charge is 0.410 e. The summed E-state index contributed by atoms with van der Waals surface area (Å²) in [6, 6.07) is 6.50. The Bertz CT molecular complexity index is 1900. The number of pyridine rings is 1. The van der Waals surface area contributed by atoms with Gasteiger partial charge in [0.25, 0.3) is 0 Å². The Morgan fingerprint density at radius 1 is 0.945 bits per heavy atom. The third-order valence-corrected chi connectivity index (χ3v) is 15.4. The first-order valence-electron chi connectivity index (χ1n) is 19.7. The van der Waals surface area contributed by atoms with Gasteiger partial charge in [-0.05, 0) is 77.8 Å². The maximum atomic E-state index is 13.4. The number of hydrogen-bond donors (Lipinski definition) is 0. The van der Waals surface area contributed by atoms with E-state index in [1.54, 1.807) is 23.1 Å². The number of thiazole rings is 1. The Kier molecular flexibility index (Phi) is 12.9. The maximum Gasteiger partial charge on any atom is 0.410 e. The number of fused-ring (bicyclic) bond motifs is 3. The molecule has 4 aromatic rings. The zero-order valence-electron chi connectivity index (χ0n) is 34.8. The van der Waals surface area contributed by atoms with Crippen LogP contribution in [-0.4, -0.2) is 102 Å². The first-order chi connectivity index (χ1) is 25.9. The van der Waals surface area contributed by atoms with Crippen LogP contribution in [0.5, 0.6) is 0 Å². The molecule has 0 aromatic carbocycles. The standard InChI is InChI=1S/C40H61N7O4S2Si2/c1-27-22-42-37(53-27)33-15-12-28(23-41-33)32-24-43-47-36(32)44-34(29-20-30-13-14-31(21-29)46(30)39(48)51-40(2,3)4)35(52-5)38(47)45(25-49-16-18-54(6,7)8)26-50-17-19-55(9,10)11/h12,15,22-24,29-31H,13-14,16-21,25-26H2,1-11H3/t29-,30+,31-. The van der Waals surface area contributed by atoms with Crippen LogP contribution in [0.3, 0.4) is 0 Å². The topological polar surface area (TPSA) is 107 Å². The third-order valence-electron chi connectivity index (χ3n) is 10.2. The van der Waals surface area contributed by atoms with Gasteiger partial charge in [-0.15, -0.1) is 23.1 Å². The Labute approximate surface area is 338 Å². The van der Waals surface area contributed by atoms with Gasteiger partial charge in [0, 0.05) is 75.8 Å². The fourth-order valence-electron chi connectivity index (χ4n) is 7.37. The third kappa shape index (κ3) is 10.4. The molecule has 0 radical (unpaired) electrons. The molecule has 1 amide bonds. The number of aromatic nitrogens is 5. The molecule has 4 aromatic heterocycles. The molecule has 0 unspecified atom stereocenters. The predicted octanol–water partition coefficient (Wildman–Crippen LogP) is 10.0. The molecule has 0 N–H and O–H groups in total. The van der Waals surface area contributed by atoms with Gasteiger partial charge in [-0.2, -0.15) is 9.61 Å². The van der Waals surface area contributed by atoms with Crippen molar-refractivity contribution in [2.24, 2.45) is 0 Å². The number of carbonyl (C=O) groups excluding carboxylic acids is 1. The first-order valence-corrected chi connectivity index (χ1v) is 29.1. The molecule has 300 valence electrons. The first kappa shape index (κ1) is 41.8. The van der Waals surface area contributed by atoms with Crippen molar-refractivity contribution >= 4 is 56.8 Å². The van der Waals surface area contributed by atoms with Crippen molar-refractivity contribution < 1.29 is 19.0 Å². The summed E-state index contributed by atoms with van der Waals surface area (Å²) in [5.74, 6) is 1.09. The number of nitrogens with zero attached hydrogens (tertiary/aromatic N) is 7. The summed E-state index contributed by atoms with van der Waals surface area (Å²) in [5, 5.41) is 5.94.